The molecule has 20 heavy (non-hydrogen) atoms. The van der Waals surface area contributed by atoms with E-state index >= 15 is 0 Å². The summed E-state index contributed by atoms with van der Waals surface area (Å²) in [6.45, 7) is 17.1. The normalized spacial score (nSPS) is 46.4. The molecule has 6 unspecified atom stereocenters. The van der Waals surface area contributed by atoms with Crippen LogP contribution < -0.4 is 5.73 Å². The fourth-order valence-electron chi connectivity index (χ4n) is 4.62. The van der Waals surface area contributed by atoms with E-state index in [1.807, 2.05) is 0 Å². The quantitative estimate of drug-likeness (QED) is 0.834. The minimum atomic E-state index is 0.376. The van der Waals surface area contributed by atoms with Gasteiger partial charge < -0.3 is 5.73 Å². The van der Waals surface area contributed by atoms with Gasteiger partial charge >= 0.3 is 0 Å². The Morgan fingerprint density at radius 1 is 1.10 bits per heavy atom. The number of piperidine rings is 1. The van der Waals surface area contributed by atoms with Gasteiger partial charge in [0.25, 0.3) is 0 Å². The molecule has 2 N–H and O–H groups in total. The topological polar surface area (TPSA) is 29.3 Å². The van der Waals surface area contributed by atoms with Crippen LogP contribution in [-0.2, 0) is 0 Å². The molecule has 1 aliphatic carbocycles. The molecule has 118 valence electrons. The molecule has 0 radical (unpaired) electrons. The highest BCUT2D eigenvalue weighted by Gasteiger charge is 2.43. The van der Waals surface area contributed by atoms with Crippen LogP contribution in [0.3, 0.4) is 0 Å². The molecule has 1 saturated heterocycles. The lowest BCUT2D eigenvalue weighted by molar-refractivity contribution is -0.00580. The Morgan fingerprint density at radius 3 is 2.40 bits per heavy atom. The Labute approximate surface area is 126 Å². The monoisotopic (exact) mass is 280 g/mol. The van der Waals surface area contributed by atoms with Crippen molar-refractivity contribution in [2.45, 2.75) is 72.9 Å². The first-order valence-corrected chi connectivity index (χ1v) is 8.73. The summed E-state index contributed by atoms with van der Waals surface area (Å²) in [5.41, 5.74) is 6.68. The van der Waals surface area contributed by atoms with E-state index in [1.54, 1.807) is 0 Å². The van der Waals surface area contributed by atoms with Gasteiger partial charge in [0, 0.05) is 25.2 Å². The number of nitrogens with zero attached hydrogens (tertiary/aromatic N) is 1. The van der Waals surface area contributed by atoms with Gasteiger partial charge in [-0.15, -0.1) is 0 Å². The van der Waals surface area contributed by atoms with E-state index in [4.69, 9.17) is 5.73 Å². The van der Waals surface area contributed by atoms with Gasteiger partial charge in [-0.2, -0.15) is 0 Å². The molecule has 0 spiro atoms. The van der Waals surface area contributed by atoms with Crippen LogP contribution in [0.4, 0.5) is 0 Å². The smallest absolute Gasteiger partial charge is 0.00928 e. The SMILES string of the molecule is CC1CC(C)C(C)N(CC2CCC(N)C(C)C2(C)C)C1. The summed E-state index contributed by atoms with van der Waals surface area (Å²) in [5, 5.41) is 0. The Balaban J connectivity index is 2.05. The van der Waals surface area contributed by atoms with Crippen LogP contribution in [0.5, 0.6) is 0 Å². The van der Waals surface area contributed by atoms with Crippen molar-refractivity contribution < 1.29 is 0 Å². The zero-order valence-corrected chi connectivity index (χ0v) is 14.5. The molecule has 2 rings (SSSR count). The van der Waals surface area contributed by atoms with Gasteiger partial charge in [-0.3, -0.25) is 4.90 Å². The molecule has 0 aromatic heterocycles. The molecule has 1 aliphatic heterocycles. The summed E-state index contributed by atoms with van der Waals surface area (Å²) in [7, 11) is 0. The third kappa shape index (κ3) is 3.06. The van der Waals surface area contributed by atoms with Crippen LogP contribution in [0.15, 0.2) is 0 Å². The summed E-state index contributed by atoms with van der Waals surface area (Å²) in [6, 6.07) is 1.14. The average molecular weight is 281 g/mol. The average Bonchev–Trinajstić information content (AvgIpc) is 2.36. The molecule has 2 heteroatoms. The molecule has 6 atom stereocenters. The number of likely N-dealkylation sites (tertiary alicyclic amines) is 1. The molecular formula is C18H36N2. The van der Waals surface area contributed by atoms with Crippen molar-refractivity contribution in [2.24, 2.45) is 34.8 Å². The van der Waals surface area contributed by atoms with Gasteiger partial charge in [-0.1, -0.05) is 34.6 Å². The summed E-state index contributed by atoms with van der Waals surface area (Å²) in [6.07, 6.45) is 3.92. The second kappa shape index (κ2) is 5.96. The first-order chi connectivity index (χ1) is 9.23. The van der Waals surface area contributed by atoms with Crippen LogP contribution in [0.1, 0.15) is 60.8 Å². The summed E-state index contributed by atoms with van der Waals surface area (Å²) < 4.78 is 0. The number of rotatable bonds is 2. The maximum absolute atomic E-state index is 6.31. The lowest BCUT2D eigenvalue weighted by atomic mass is 9.61. The van der Waals surface area contributed by atoms with Gasteiger partial charge in [0.15, 0.2) is 0 Å². The van der Waals surface area contributed by atoms with Crippen molar-refractivity contribution in [3.05, 3.63) is 0 Å². The van der Waals surface area contributed by atoms with E-state index in [-0.39, 0.29) is 0 Å². The second-order valence-corrected chi connectivity index (χ2v) is 8.56. The summed E-state index contributed by atoms with van der Waals surface area (Å²) in [4.78, 5) is 2.77. The van der Waals surface area contributed by atoms with E-state index in [9.17, 15) is 0 Å². The maximum Gasteiger partial charge on any atom is 0.00928 e. The van der Waals surface area contributed by atoms with E-state index in [1.165, 1.54) is 32.4 Å². The van der Waals surface area contributed by atoms with E-state index in [0.29, 0.717) is 17.4 Å². The van der Waals surface area contributed by atoms with Crippen LogP contribution >= 0.6 is 0 Å². The largest absolute Gasteiger partial charge is 0.327 e. The standard InChI is InChI=1S/C18H36N2/c1-12-9-13(2)15(4)20(10-12)11-16-7-8-17(19)14(3)18(16,5)6/h12-17H,7-11,19H2,1-6H3. The minimum absolute atomic E-state index is 0.376. The fourth-order valence-corrected chi connectivity index (χ4v) is 4.62. The van der Waals surface area contributed by atoms with Crippen molar-refractivity contribution in [1.29, 1.82) is 0 Å². The molecule has 2 nitrogen and oxygen atoms in total. The minimum Gasteiger partial charge on any atom is -0.327 e. The van der Waals surface area contributed by atoms with Crippen molar-refractivity contribution in [1.82, 2.24) is 4.90 Å². The fraction of sp³-hybridized carbons (Fsp3) is 1.00. The van der Waals surface area contributed by atoms with Crippen LogP contribution in [0.25, 0.3) is 0 Å². The third-order valence-corrected chi connectivity index (χ3v) is 6.89. The molecule has 2 aliphatic rings. The van der Waals surface area contributed by atoms with E-state index < -0.39 is 0 Å². The third-order valence-electron chi connectivity index (χ3n) is 6.89. The first kappa shape index (κ1) is 16.3. The van der Waals surface area contributed by atoms with E-state index in [0.717, 1.165) is 23.8 Å². The number of nitrogens with two attached hydrogens (primary N) is 1. The van der Waals surface area contributed by atoms with Gasteiger partial charge in [0.05, 0.1) is 0 Å². The lowest BCUT2D eigenvalue weighted by Crippen LogP contribution is -2.53. The second-order valence-electron chi connectivity index (χ2n) is 8.56. The molecule has 1 heterocycles. The summed E-state index contributed by atoms with van der Waals surface area (Å²) >= 11 is 0. The maximum atomic E-state index is 6.31. The molecule has 0 aromatic carbocycles. The Hall–Kier alpha value is -0.0800. The Bertz CT molecular complexity index is 325. The molecular weight excluding hydrogens is 244 g/mol. The molecule has 0 aromatic rings. The highest BCUT2D eigenvalue weighted by Crippen LogP contribution is 2.45. The Morgan fingerprint density at radius 2 is 1.75 bits per heavy atom. The molecule has 0 amide bonds. The number of hydrogen-bond acceptors (Lipinski definition) is 2. The number of hydrogen-bond donors (Lipinski definition) is 1. The Kier molecular flexibility index (Phi) is 4.86. The molecule has 0 bridgehead atoms. The molecule has 2 fully saturated rings. The van der Waals surface area contributed by atoms with Gasteiger partial charge in [0.1, 0.15) is 0 Å². The zero-order valence-electron chi connectivity index (χ0n) is 14.5. The van der Waals surface area contributed by atoms with Crippen molar-refractivity contribution in [3.63, 3.8) is 0 Å². The summed E-state index contributed by atoms with van der Waals surface area (Å²) in [5.74, 6) is 3.13. The molecule has 1 saturated carbocycles. The lowest BCUT2D eigenvalue weighted by Gasteiger charge is -2.51. The van der Waals surface area contributed by atoms with Crippen LogP contribution in [-0.4, -0.2) is 30.1 Å². The predicted octanol–water partition coefficient (Wildman–Crippen LogP) is 3.75. The van der Waals surface area contributed by atoms with Crippen LogP contribution in [0, 0.1) is 29.1 Å². The van der Waals surface area contributed by atoms with E-state index in [2.05, 4.69) is 46.4 Å². The van der Waals surface area contributed by atoms with Crippen LogP contribution in [0.2, 0.25) is 0 Å². The highest BCUT2D eigenvalue weighted by atomic mass is 15.2. The van der Waals surface area contributed by atoms with Gasteiger partial charge in [0.2, 0.25) is 0 Å². The first-order valence-electron chi connectivity index (χ1n) is 8.73. The zero-order chi connectivity index (χ0) is 15.1. The highest BCUT2D eigenvalue weighted by molar-refractivity contribution is 4.95. The predicted molar refractivity (Wildman–Crippen MR) is 87.6 cm³/mol. The van der Waals surface area contributed by atoms with Gasteiger partial charge in [-0.05, 0) is 55.3 Å². The van der Waals surface area contributed by atoms with Crippen molar-refractivity contribution in [3.8, 4) is 0 Å². The van der Waals surface area contributed by atoms with Crippen molar-refractivity contribution >= 4 is 0 Å². The van der Waals surface area contributed by atoms with Gasteiger partial charge in [-0.25, -0.2) is 0 Å². The van der Waals surface area contributed by atoms with Crippen molar-refractivity contribution in [2.75, 3.05) is 13.1 Å².